The van der Waals surface area contributed by atoms with Gasteiger partial charge in [0.1, 0.15) is 0 Å². The summed E-state index contributed by atoms with van der Waals surface area (Å²) in [5.41, 5.74) is 15.9. The highest BCUT2D eigenvalue weighted by Crippen LogP contribution is 2.34. The summed E-state index contributed by atoms with van der Waals surface area (Å²) >= 11 is 0. The number of hydrazone groups is 2. The standard InChI is InChI=1S/C74H64N6/c1(3-21-51-77-71-33-19-17-31-67(71)69-53-61(43-49-73(69)77)55-75-79(63-27-13-7-14-28-63)65-45-39-59(40-46-65)37-35-57-23-9-5-10-24-57)2-4-22-52-78-72-34-20-18-32-68(72)70-54-62(44-50-74(70)78)56-76-80(64-29-15-8-16-30-64)66-47-41-60(42-48-66)38-36-58-25-11-6-12-26-58/h5-20,23-50,53-56H,1-4,21-22,51-52H2/b37-35+,38-36+,75-55+,76-56+. The van der Waals surface area contributed by atoms with Crippen molar-refractivity contribution in [3.63, 3.8) is 0 Å². The van der Waals surface area contributed by atoms with E-state index in [2.05, 4.69) is 264 Å². The molecule has 0 aliphatic carbocycles. The molecule has 0 N–H and O–H groups in total. The lowest BCUT2D eigenvalue weighted by molar-refractivity contribution is 0.545. The van der Waals surface area contributed by atoms with Gasteiger partial charge in [0.15, 0.2) is 0 Å². The molecule has 6 heteroatoms. The zero-order valence-electron chi connectivity index (χ0n) is 45.1. The van der Waals surface area contributed by atoms with Crippen LogP contribution in [0, 0.1) is 0 Å². The number of fused-ring (bicyclic) bond motifs is 6. The fourth-order valence-electron chi connectivity index (χ4n) is 11.0. The van der Waals surface area contributed by atoms with Crippen molar-refractivity contribution in [3.05, 3.63) is 288 Å². The number of benzene rings is 10. The van der Waals surface area contributed by atoms with Crippen LogP contribution in [0.25, 0.3) is 67.9 Å². The third-order valence-corrected chi connectivity index (χ3v) is 15.1. The van der Waals surface area contributed by atoms with E-state index in [-0.39, 0.29) is 0 Å². The maximum atomic E-state index is 5.10. The van der Waals surface area contributed by atoms with Gasteiger partial charge in [0, 0.05) is 56.7 Å². The lowest BCUT2D eigenvalue weighted by atomic mass is 10.1. The summed E-state index contributed by atoms with van der Waals surface area (Å²) in [5, 5.41) is 19.3. The molecule has 2 aromatic heterocycles. The summed E-state index contributed by atoms with van der Waals surface area (Å²) < 4.78 is 5.05. The molecule has 0 saturated heterocycles. The van der Waals surface area contributed by atoms with E-state index in [1.54, 1.807) is 0 Å². The Hall–Kier alpha value is -9.78. The van der Waals surface area contributed by atoms with Crippen LogP contribution in [-0.2, 0) is 13.1 Å². The number of rotatable bonds is 21. The van der Waals surface area contributed by atoms with Crippen molar-refractivity contribution in [2.24, 2.45) is 10.2 Å². The molecule has 2 heterocycles. The number of unbranched alkanes of at least 4 members (excludes halogenated alkanes) is 5. The third kappa shape index (κ3) is 11.9. The van der Waals surface area contributed by atoms with Crippen molar-refractivity contribution >= 4 is 103 Å². The van der Waals surface area contributed by atoms with Crippen LogP contribution in [0.2, 0.25) is 0 Å². The van der Waals surface area contributed by atoms with Gasteiger partial charge in [-0.3, -0.25) is 0 Å². The zero-order chi connectivity index (χ0) is 53.7. The van der Waals surface area contributed by atoms with Crippen LogP contribution in [0.5, 0.6) is 0 Å². The van der Waals surface area contributed by atoms with Gasteiger partial charge in [-0.2, -0.15) is 10.2 Å². The molecular formula is C74H64N6. The molecule has 0 aliphatic heterocycles. The topological polar surface area (TPSA) is 41.1 Å². The van der Waals surface area contributed by atoms with E-state index in [1.165, 1.54) is 80.4 Å². The van der Waals surface area contributed by atoms with Crippen molar-refractivity contribution in [1.82, 2.24) is 9.13 Å². The Bertz CT molecular complexity index is 3830. The van der Waals surface area contributed by atoms with Gasteiger partial charge in [-0.05, 0) is 131 Å². The van der Waals surface area contributed by atoms with Crippen LogP contribution >= 0.6 is 0 Å². The highest BCUT2D eigenvalue weighted by atomic mass is 15.5. The monoisotopic (exact) mass is 1040 g/mol. The maximum absolute atomic E-state index is 5.10. The molecular weight excluding hydrogens is 973 g/mol. The van der Waals surface area contributed by atoms with Crippen LogP contribution in [0.1, 0.15) is 71.9 Å². The van der Waals surface area contributed by atoms with Crippen LogP contribution < -0.4 is 10.0 Å². The number of aromatic nitrogens is 2. The summed E-state index contributed by atoms with van der Waals surface area (Å²) in [7, 11) is 0. The minimum atomic E-state index is 0.995. The van der Waals surface area contributed by atoms with E-state index in [0.29, 0.717) is 0 Å². The normalized spacial score (nSPS) is 11.9. The van der Waals surface area contributed by atoms with Crippen LogP contribution in [0.4, 0.5) is 22.7 Å². The molecule has 80 heavy (non-hydrogen) atoms. The van der Waals surface area contributed by atoms with E-state index < -0.39 is 0 Å². The summed E-state index contributed by atoms with van der Waals surface area (Å²) in [6.07, 6.45) is 19.7. The minimum Gasteiger partial charge on any atom is -0.340 e. The van der Waals surface area contributed by atoms with E-state index in [0.717, 1.165) is 70.9 Å². The number of hydrogen-bond acceptors (Lipinski definition) is 4. The molecule has 0 saturated carbocycles. The lowest BCUT2D eigenvalue weighted by Gasteiger charge is -2.19. The molecule has 0 atom stereocenters. The SMILES string of the molecule is C(=C\c1ccc(N(/N=C/c2ccc3c(c2)c2ccccc2n3CCCCCCCCn2c3ccccc3c3cc(/C=N/N(c4ccccc4)c4ccc(/C=C/c5ccccc5)cc4)ccc32)c2ccccc2)cc1)/c1ccccc1. The second kappa shape index (κ2) is 24.7. The van der Waals surface area contributed by atoms with Gasteiger partial charge in [-0.15, -0.1) is 0 Å². The summed E-state index contributed by atoms with van der Waals surface area (Å²) in [5.74, 6) is 0. The van der Waals surface area contributed by atoms with E-state index >= 15 is 0 Å². The van der Waals surface area contributed by atoms with E-state index in [1.807, 2.05) is 46.7 Å². The second-order valence-corrected chi connectivity index (χ2v) is 20.5. The molecule has 12 aromatic rings. The lowest BCUT2D eigenvalue weighted by Crippen LogP contribution is -2.09. The van der Waals surface area contributed by atoms with Crippen molar-refractivity contribution < 1.29 is 0 Å². The van der Waals surface area contributed by atoms with Crippen molar-refractivity contribution in [1.29, 1.82) is 0 Å². The van der Waals surface area contributed by atoms with Crippen LogP contribution in [-0.4, -0.2) is 21.6 Å². The minimum absolute atomic E-state index is 0.995. The second-order valence-electron chi connectivity index (χ2n) is 20.5. The van der Waals surface area contributed by atoms with Crippen molar-refractivity contribution in [2.75, 3.05) is 10.0 Å². The summed E-state index contributed by atoms with van der Waals surface area (Å²) in [4.78, 5) is 0. The first kappa shape index (κ1) is 51.0. The Kier molecular flexibility index (Phi) is 15.7. The smallest absolute Gasteiger partial charge is 0.0653 e. The molecule has 10 aromatic carbocycles. The number of nitrogens with zero attached hydrogens (tertiary/aromatic N) is 6. The number of hydrogen-bond donors (Lipinski definition) is 0. The Morgan fingerprint density at radius 2 is 0.562 bits per heavy atom. The summed E-state index contributed by atoms with van der Waals surface area (Å²) in [6.45, 7) is 1.99. The van der Waals surface area contributed by atoms with E-state index in [4.69, 9.17) is 10.2 Å². The molecule has 6 nitrogen and oxygen atoms in total. The van der Waals surface area contributed by atoms with Gasteiger partial charge in [0.05, 0.1) is 35.2 Å². The molecule has 0 spiro atoms. The molecule has 0 unspecified atom stereocenters. The fraction of sp³-hybridized carbons (Fsp3) is 0.108. The number of aryl methyl sites for hydroxylation is 2. The first-order valence-electron chi connectivity index (χ1n) is 28.2. The molecule has 0 amide bonds. The highest BCUT2D eigenvalue weighted by molar-refractivity contribution is 6.10. The Morgan fingerprint density at radius 3 is 0.963 bits per heavy atom. The van der Waals surface area contributed by atoms with Gasteiger partial charge < -0.3 is 9.13 Å². The fourth-order valence-corrected chi connectivity index (χ4v) is 11.0. The Morgan fingerprint density at radius 1 is 0.263 bits per heavy atom. The quantitative estimate of drug-likeness (QED) is 0.0311. The van der Waals surface area contributed by atoms with Gasteiger partial charge in [-0.1, -0.05) is 220 Å². The van der Waals surface area contributed by atoms with Crippen LogP contribution in [0.3, 0.4) is 0 Å². The van der Waals surface area contributed by atoms with Crippen molar-refractivity contribution in [3.8, 4) is 0 Å². The molecule has 0 aliphatic rings. The predicted molar refractivity (Wildman–Crippen MR) is 343 cm³/mol. The average Bonchev–Trinajstić information content (AvgIpc) is 4.07. The summed E-state index contributed by atoms with van der Waals surface area (Å²) in [6, 6.07) is 90.0. The highest BCUT2D eigenvalue weighted by Gasteiger charge is 2.15. The first-order chi connectivity index (χ1) is 39.7. The molecule has 0 radical (unpaired) electrons. The van der Waals surface area contributed by atoms with Gasteiger partial charge in [0.25, 0.3) is 0 Å². The van der Waals surface area contributed by atoms with Gasteiger partial charge >= 0.3 is 0 Å². The zero-order valence-corrected chi connectivity index (χ0v) is 45.1. The van der Waals surface area contributed by atoms with Crippen LogP contribution in [0.15, 0.2) is 265 Å². The average molecular weight is 1040 g/mol. The Balaban J connectivity index is 0.672. The number of para-hydroxylation sites is 4. The third-order valence-electron chi connectivity index (χ3n) is 15.1. The van der Waals surface area contributed by atoms with Gasteiger partial charge in [0.2, 0.25) is 0 Å². The molecule has 390 valence electrons. The van der Waals surface area contributed by atoms with Crippen molar-refractivity contribution in [2.45, 2.75) is 51.6 Å². The Labute approximate surface area is 469 Å². The number of anilines is 4. The largest absolute Gasteiger partial charge is 0.340 e. The first-order valence-corrected chi connectivity index (χ1v) is 28.2. The maximum Gasteiger partial charge on any atom is 0.0653 e. The molecule has 0 bridgehead atoms. The van der Waals surface area contributed by atoms with Gasteiger partial charge in [-0.25, -0.2) is 10.0 Å². The predicted octanol–water partition coefficient (Wildman–Crippen LogP) is 19.6. The molecule has 0 fully saturated rings. The molecule has 12 rings (SSSR count). The van der Waals surface area contributed by atoms with E-state index in [9.17, 15) is 0 Å².